The maximum atomic E-state index is 14.2. The largest absolute Gasteiger partial charge is 0.493 e. The Hall–Kier alpha value is -2.97. The summed E-state index contributed by atoms with van der Waals surface area (Å²) >= 11 is 0. The van der Waals surface area contributed by atoms with Crippen LogP contribution in [0.3, 0.4) is 0 Å². The molecule has 1 saturated heterocycles. The molecule has 7 nitrogen and oxygen atoms in total. The van der Waals surface area contributed by atoms with Gasteiger partial charge in [-0.15, -0.1) is 0 Å². The summed E-state index contributed by atoms with van der Waals surface area (Å²) in [6, 6.07) is 8.63. The zero-order chi connectivity index (χ0) is 22.1. The van der Waals surface area contributed by atoms with Crippen LogP contribution in [0.4, 0.5) is 15.9 Å². The second kappa shape index (κ2) is 8.88. The van der Waals surface area contributed by atoms with E-state index < -0.39 is 6.29 Å². The van der Waals surface area contributed by atoms with Crippen molar-refractivity contribution in [3.8, 4) is 5.75 Å². The number of benzene rings is 1. The normalized spacial score (nSPS) is 19.2. The summed E-state index contributed by atoms with van der Waals surface area (Å²) in [5.74, 6) is 1.25. The fourth-order valence-electron chi connectivity index (χ4n) is 4.59. The van der Waals surface area contributed by atoms with Gasteiger partial charge < -0.3 is 24.8 Å². The van der Waals surface area contributed by atoms with Crippen molar-refractivity contribution >= 4 is 22.5 Å². The number of anilines is 2. The first kappa shape index (κ1) is 20.9. The molecule has 0 amide bonds. The molecular weight excluding hydrogens is 411 g/mol. The minimum absolute atomic E-state index is 0.0204. The van der Waals surface area contributed by atoms with E-state index in [2.05, 4.69) is 15.2 Å². The van der Waals surface area contributed by atoms with Gasteiger partial charge in [0.25, 0.3) is 0 Å². The third kappa shape index (κ3) is 3.84. The van der Waals surface area contributed by atoms with Crippen LogP contribution in [0.5, 0.6) is 5.75 Å². The van der Waals surface area contributed by atoms with Gasteiger partial charge in [-0.2, -0.15) is 0 Å². The van der Waals surface area contributed by atoms with Gasteiger partial charge in [-0.25, -0.2) is 9.37 Å². The average molecular weight is 439 g/mol. The molecule has 3 aromatic rings. The number of fused-ring (bicyclic) bond motifs is 5. The van der Waals surface area contributed by atoms with E-state index in [1.807, 2.05) is 19.1 Å². The number of pyridine rings is 2. The van der Waals surface area contributed by atoms with Crippen molar-refractivity contribution in [3.05, 3.63) is 53.5 Å². The van der Waals surface area contributed by atoms with Gasteiger partial charge in [-0.1, -0.05) is 0 Å². The Morgan fingerprint density at radius 2 is 2.22 bits per heavy atom. The van der Waals surface area contributed by atoms with Crippen molar-refractivity contribution < 1.29 is 19.0 Å². The molecule has 2 aromatic heterocycles. The van der Waals surface area contributed by atoms with Crippen molar-refractivity contribution in [1.82, 2.24) is 9.97 Å². The highest BCUT2D eigenvalue weighted by Crippen LogP contribution is 2.41. The van der Waals surface area contributed by atoms with Gasteiger partial charge in [0, 0.05) is 31.5 Å². The molecule has 0 radical (unpaired) electrons. The molecule has 1 unspecified atom stereocenters. The summed E-state index contributed by atoms with van der Waals surface area (Å²) in [4.78, 5) is 11.7. The van der Waals surface area contributed by atoms with Gasteiger partial charge in [0.15, 0.2) is 6.29 Å². The minimum Gasteiger partial charge on any atom is -0.493 e. The lowest BCUT2D eigenvalue weighted by Gasteiger charge is -2.28. The molecule has 2 N–H and O–H groups in total. The number of aliphatic hydroxyl groups is 1. The highest BCUT2D eigenvalue weighted by Gasteiger charge is 2.30. The van der Waals surface area contributed by atoms with E-state index in [1.54, 1.807) is 18.3 Å². The first-order chi connectivity index (χ1) is 15.7. The summed E-state index contributed by atoms with van der Waals surface area (Å²) < 4.78 is 25.7. The number of nitrogens with one attached hydrogen (secondary N) is 1. The zero-order valence-electron chi connectivity index (χ0n) is 18.1. The van der Waals surface area contributed by atoms with Gasteiger partial charge >= 0.3 is 0 Å². The van der Waals surface area contributed by atoms with Crippen molar-refractivity contribution in [2.75, 3.05) is 36.5 Å². The second-order valence-corrected chi connectivity index (χ2v) is 8.10. The standard InChI is InChI=1S/C24H27FN4O3/c1-2-31-24(30)17-14-27-18-7-9-21-28-23(18)22(17)26-10-4-12-32-20-8-6-15(25)13-16(20)19-5-3-11-29(19)21/h6-9,13-14,19,24,26,30H,2-5,10-12H2,1H3/t19-,24?/m1/s1. The maximum absolute atomic E-state index is 14.2. The Labute approximate surface area is 186 Å². The number of rotatable bonds is 3. The highest BCUT2D eigenvalue weighted by atomic mass is 19.1. The van der Waals surface area contributed by atoms with E-state index in [9.17, 15) is 9.50 Å². The third-order valence-corrected chi connectivity index (χ3v) is 6.08. The Kier molecular flexibility index (Phi) is 5.80. The summed E-state index contributed by atoms with van der Waals surface area (Å²) in [7, 11) is 0. The van der Waals surface area contributed by atoms with Crippen LogP contribution in [0.1, 0.15) is 49.6 Å². The van der Waals surface area contributed by atoms with E-state index in [4.69, 9.17) is 14.5 Å². The number of aliphatic hydroxyl groups excluding tert-OH is 1. The van der Waals surface area contributed by atoms with E-state index >= 15 is 0 Å². The lowest BCUT2D eigenvalue weighted by Crippen LogP contribution is -2.24. The van der Waals surface area contributed by atoms with Crippen LogP contribution in [0.15, 0.2) is 36.5 Å². The predicted octanol–water partition coefficient (Wildman–Crippen LogP) is 4.33. The molecular formula is C24H27FN4O3. The quantitative estimate of drug-likeness (QED) is 0.589. The monoisotopic (exact) mass is 438 g/mol. The lowest BCUT2D eigenvalue weighted by molar-refractivity contribution is -0.0976. The summed E-state index contributed by atoms with van der Waals surface area (Å²) in [5, 5.41) is 14.0. The van der Waals surface area contributed by atoms with Gasteiger partial charge in [-0.3, -0.25) is 4.98 Å². The molecule has 0 spiro atoms. The number of halogens is 1. The highest BCUT2D eigenvalue weighted by molar-refractivity contribution is 5.90. The van der Waals surface area contributed by atoms with Crippen molar-refractivity contribution in [2.24, 2.45) is 0 Å². The van der Waals surface area contributed by atoms with E-state index in [1.165, 1.54) is 6.07 Å². The van der Waals surface area contributed by atoms with E-state index in [0.29, 0.717) is 30.8 Å². The summed E-state index contributed by atoms with van der Waals surface area (Å²) in [6.45, 7) is 4.13. The average Bonchev–Trinajstić information content (AvgIpc) is 3.28. The van der Waals surface area contributed by atoms with Gasteiger partial charge in [-0.05, 0) is 56.5 Å². The molecule has 5 rings (SSSR count). The molecule has 1 aromatic carbocycles. The predicted molar refractivity (Wildman–Crippen MR) is 120 cm³/mol. The van der Waals surface area contributed by atoms with Crippen LogP contribution in [-0.4, -0.2) is 41.4 Å². The molecule has 2 atom stereocenters. The first-order valence-corrected chi connectivity index (χ1v) is 11.2. The van der Waals surface area contributed by atoms with Crippen LogP contribution in [0.25, 0.3) is 11.0 Å². The van der Waals surface area contributed by atoms with Crippen molar-refractivity contribution in [3.63, 3.8) is 0 Å². The maximum Gasteiger partial charge on any atom is 0.184 e. The SMILES string of the molecule is CCOC(O)c1cnc2ccc3nc2c1NCCCOc1ccc(F)cc1[C@H]1CCCN31. The molecule has 8 heteroatoms. The number of aromatic nitrogens is 2. The second-order valence-electron chi connectivity index (χ2n) is 8.10. The molecule has 0 saturated carbocycles. The number of nitrogens with zero attached hydrogens (tertiary/aromatic N) is 3. The molecule has 2 aliphatic heterocycles. The molecule has 2 aliphatic rings. The van der Waals surface area contributed by atoms with Gasteiger partial charge in [0.05, 0.1) is 29.4 Å². The lowest BCUT2D eigenvalue weighted by atomic mass is 10.0. The zero-order valence-corrected chi connectivity index (χ0v) is 18.1. The Bertz CT molecular complexity index is 1130. The number of ether oxygens (including phenoxy) is 2. The third-order valence-electron chi connectivity index (χ3n) is 6.08. The molecule has 1 fully saturated rings. The van der Waals surface area contributed by atoms with E-state index in [-0.39, 0.29) is 11.9 Å². The van der Waals surface area contributed by atoms with E-state index in [0.717, 1.165) is 54.1 Å². The molecule has 0 aliphatic carbocycles. The van der Waals surface area contributed by atoms with Gasteiger partial charge in [0.2, 0.25) is 0 Å². The smallest absolute Gasteiger partial charge is 0.184 e. The summed E-state index contributed by atoms with van der Waals surface area (Å²) in [5.41, 5.74) is 3.55. The van der Waals surface area contributed by atoms with Crippen LogP contribution < -0.4 is 15.0 Å². The van der Waals surface area contributed by atoms with Crippen LogP contribution >= 0.6 is 0 Å². The molecule has 2 bridgehead atoms. The number of hydrogen-bond acceptors (Lipinski definition) is 7. The fraction of sp³-hybridized carbons (Fsp3) is 0.417. The van der Waals surface area contributed by atoms with Crippen LogP contribution in [-0.2, 0) is 4.74 Å². The van der Waals surface area contributed by atoms with Crippen LogP contribution in [0, 0.1) is 5.82 Å². The first-order valence-electron chi connectivity index (χ1n) is 11.2. The molecule has 32 heavy (non-hydrogen) atoms. The van der Waals surface area contributed by atoms with Crippen molar-refractivity contribution in [2.45, 2.75) is 38.5 Å². The fourth-order valence-corrected chi connectivity index (χ4v) is 4.59. The number of hydrogen-bond donors (Lipinski definition) is 2. The topological polar surface area (TPSA) is 79.7 Å². The van der Waals surface area contributed by atoms with Crippen LogP contribution in [0.2, 0.25) is 0 Å². The Morgan fingerprint density at radius 3 is 3.09 bits per heavy atom. The summed E-state index contributed by atoms with van der Waals surface area (Å²) in [6.07, 6.45) is 3.14. The Balaban J connectivity index is 1.65. The Morgan fingerprint density at radius 1 is 1.31 bits per heavy atom. The molecule has 168 valence electrons. The van der Waals surface area contributed by atoms with Gasteiger partial charge in [0.1, 0.15) is 22.9 Å². The van der Waals surface area contributed by atoms with Crippen molar-refractivity contribution in [1.29, 1.82) is 0 Å². The molecule has 4 heterocycles. The minimum atomic E-state index is -1.09.